The van der Waals surface area contributed by atoms with Gasteiger partial charge in [0, 0.05) is 31.3 Å². The second-order valence-corrected chi connectivity index (χ2v) is 5.00. The highest BCUT2D eigenvalue weighted by atomic mass is 19.3. The van der Waals surface area contributed by atoms with Crippen LogP contribution in [0.1, 0.15) is 39.5 Å². The predicted octanol–water partition coefficient (Wildman–Crippen LogP) is 2.04. The summed E-state index contributed by atoms with van der Waals surface area (Å²) in [5, 5.41) is 8.89. The first-order valence-corrected chi connectivity index (χ1v) is 6.16. The van der Waals surface area contributed by atoms with Crippen molar-refractivity contribution in [3.8, 4) is 0 Å². The van der Waals surface area contributed by atoms with Gasteiger partial charge in [-0.1, -0.05) is 0 Å². The molecule has 1 aliphatic carbocycles. The Hall–Kier alpha value is -0.710. The van der Waals surface area contributed by atoms with Crippen molar-refractivity contribution in [2.75, 3.05) is 13.2 Å². The number of hydrogen-bond acceptors (Lipinski definition) is 2. The lowest BCUT2D eigenvalue weighted by atomic mass is 9.85. The van der Waals surface area contributed by atoms with E-state index >= 15 is 0 Å². The SMILES string of the molecule is CC(C)N(CCO)C(=O)C1CCCC(F)(F)C1. The van der Waals surface area contributed by atoms with Crippen LogP contribution in [0.4, 0.5) is 8.78 Å². The highest BCUT2D eigenvalue weighted by Gasteiger charge is 2.40. The van der Waals surface area contributed by atoms with Gasteiger partial charge in [0.25, 0.3) is 0 Å². The lowest BCUT2D eigenvalue weighted by Gasteiger charge is -2.34. The first kappa shape index (κ1) is 14.4. The van der Waals surface area contributed by atoms with Gasteiger partial charge in [-0.05, 0) is 26.7 Å². The molecule has 1 aliphatic rings. The number of aliphatic hydroxyl groups excluding tert-OH is 1. The number of carbonyl (C=O) groups excluding carboxylic acids is 1. The number of alkyl halides is 2. The van der Waals surface area contributed by atoms with Crippen LogP contribution in [0.2, 0.25) is 0 Å². The molecule has 1 N–H and O–H groups in total. The minimum Gasteiger partial charge on any atom is -0.395 e. The molecule has 0 aromatic carbocycles. The molecule has 0 aromatic heterocycles. The molecule has 0 aromatic rings. The van der Waals surface area contributed by atoms with Gasteiger partial charge in [0.05, 0.1) is 6.61 Å². The molecule has 5 heteroatoms. The van der Waals surface area contributed by atoms with Crippen LogP contribution in [0.5, 0.6) is 0 Å². The van der Waals surface area contributed by atoms with Crippen molar-refractivity contribution in [3.05, 3.63) is 0 Å². The number of aliphatic hydroxyl groups is 1. The third kappa shape index (κ3) is 3.91. The second kappa shape index (κ2) is 5.76. The van der Waals surface area contributed by atoms with E-state index in [1.54, 1.807) is 0 Å². The first-order valence-electron chi connectivity index (χ1n) is 6.16. The van der Waals surface area contributed by atoms with Crippen molar-refractivity contribution in [2.45, 2.75) is 51.5 Å². The molecule has 1 amide bonds. The monoisotopic (exact) mass is 249 g/mol. The summed E-state index contributed by atoms with van der Waals surface area (Å²) in [6.07, 6.45) is 0.469. The Morgan fingerprint density at radius 3 is 2.65 bits per heavy atom. The van der Waals surface area contributed by atoms with Crippen LogP contribution in [0.15, 0.2) is 0 Å². The van der Waals surface area contributed by atoms with E-state index in [9.17, 15) is 13.6 Å². The van der Waals surface area contributed by atoms with Crippen LogP contribution in [0.3, 0.4) is 0 Å². The standard InChI is InChI=1S/C12H21F2NO2/c1-9(2)15(6-7-16)11(17)10-4-3-5-12(13,14)8-10/h9-10,16H,3-8H2,1-2H3. The zero-order valence-corrected chi connectivity index (χ0v) is 10.5. The maximum atomic E-state index is 13.2. The van der Waals surface area contributed by atoms with Gasteiger partial charge in [-0.2, -0.15) is 0 Å². The van der Waals surface area contributed by atoms with E-state index in [1.807, 2.05) is 13.8 Å². The number of amides is 1. The van der Waals surface area contributed by atoms with Crippen LogP contribution in [-0.2, 0) is 4.79 Å². The van der Waals surface area contributed by atoms with Crippen molar-refractivity contribution in [3.63, 3.8) is 0 Å². The molecule has 0 bridgehead atoms. The average molecular weight is 249 g/mol. The summed E-state index contributed by atoms with van der Waals surface area (Å²) in [6.45, 7) is 3.74. The number of nitrogens with zero attached hydrogens (tertiary/aromatic N) is 1. The van der Waals surface area contributed by atoms with Crippen LogP contribution in [0.25, 0.3) is 0 Å². The average Bonchev–Trinajstić information content (AvgIpc) is 2.23. The highest BCUT2D eigenvalue weighted by Crippen LogP contribution is 2.37. The van der Waals surface area contributed by atoms with Crippen LogP contribution >= 0.6 is 0 Å². The first-order chi connectivity index (χ1) is 7.87. The van der Waals surface area contributed by atoms with E-state index < -0.39 is 11.8 Å². The maximum absolute atomic E-state index is 13.2. The van der Waals surface area contributed by atoms with E-state index in [0.29, 0.717) is 12.8 Å². The molecule has 1 rings (SSSR count). The molecule has 1 unspecified atom stereocenters. The Kier molecular flexibility index (Phi) is 4.86. The highest BCUT2D eigenvalue weighted by molar-refractivity contribution is 5.79. The van der Waals surface area contributed by atoms with Crippen LogP contribution < -0.4 is 0 Å². The lowest BCUT2D eigenvalue weighted by Crippen LogP contribution is -2.45. The van der Waals surface area contributed by atoms with E-state index in [2.05, 4.69) is 0 Å². The van der Waals surface area contributed by atoms with Gasteiger partial charge in [0.1, 0.15) is 0 Å². The van der Waals surface area contributed by atoms with Crippen molar-refractivity contribution in [2.24, 2.45) is 5.92 Å². The smallest absolute Gasteiger partial charge is 0.248 e. The minimum atomic E-state index is -2.71. The molecule has 17 heavy (non-hydrogen) atoms. The summed E-state index contributed by atoms with van der Waals surface area (Å²) in [7, 11) is 0. The summed E-state index contributed by atoms with van der Waals surface area (Å²) in [5.41, 5.74) is 0. The molecule has 3 nitrogen and oxygen atoms in total. The molecule has 0 radical (unpaired) electrons. The molecule has 100 valence electrons. The predicted molar refractivity (Wildman–Crippen MR) is 60.8 cm³/mol. The summed E-state index contributed by atoms with van der Waals surface area (Å²) in [5.74, 6) is -3.54. The van der Waals surface area contributed by atoms with Crippen molar-refractivity contribution >= 4 is 5.91 Å². The van der Waals surface area contributed by atoms with Crippen molar-refractivity contribution < 1.29 is 18.7 Å². The molecule has 0 spiro atoms. The molecule has 1 fully saturated rings. The molecular formula is C12H21F2NO2. The van der Waals surface area contributed by atoms with E-state index in [4.69, 9.17) is 5.11 Å². The Balaban J connectivity index is 2.66. The minimum absolute atomic E-state index is 0.0646. The fourth-order valence-electron chi connectivity index (χ4n) is 2.35. The summed E-state index contributed by atoms with van der Waals surface area (Å²) in [6, 6.07) is -0.0646. The van der Waals surface area contributed by atoms with Gasteiger partial charge in [0.15, 0.2) is 0 Å². The Morgan fingerprint density at radius 1 is 1.53 bits per heavy atom. The molecular weight excluding hydrogens is 228 g/mol. The van der Waals surface area contributed by atoms with Gasteiger partial charge in [-0.15, -0.1) is 0 Å². The zero-order chi connectivity index (χ0) is 13.1. The molecule has 1 atom stereocenters. The quantitative estimate of drug-likeness (QED) is 0.828. The van der Waals surface area contributed by atoms with Crippen LogP contribution in [0, 0.1) is 5.92 Å². The normalized spacial score (nSPS) is 23.8. The molecule has 0 aliphatic heterocycles. The number of rotatable bonds is 4. The van der Waals surface area contributed by atoms with E-state index in [-0.39, 0.29) is 37.9 Å². The maximum Gasteiger partial charge on any atom is 0.248 e. The summed E-state index contributed by atoms with van der Waals surface area (Å²) < 4.78 is 26.5. The number of halogens is 2. The molecule has 1 saturated carbocycles. The summed E-state index contributed by atoms with van der Waals surface area (Å²) in [4.78, 5) is 13.6. The summed E-state index contributed by atoms with van der Waals surface area (Å²) >= 11 is 0. The third-order valence-corrected chi connectivity index (χ3v) is 3.24. The van der Waals surface area contributed by atoms with Gasteiger partial charge < -0.3 is 10.0 Å². The van der Waals surface area contributed by atoms with Crippen molar-refractivity contribution in [1.29, 1.82) is 0 Å². The third-order valence-electron chi connectivity index (χ3n) is 3.24. The van der Waals surface area contributed by atoms with Gasteiger partial charge in [0.2, 0.25) is 11.8 Å². The second-order valence-electron chi connectivity index (χ2n) is 5.00. The van der Waals surface area contributed by atoms with E-state index in [0.717, 1.165) is 0 Å². The zero-order valence-electron chi connectivity index (χ0n) is 10.5. The van der Waals surface area contributed by atoms with Crippen LogP contribution in [-0.4, -0.2) is 41.0 Å². The number of hydrogen-bond donors (Lipinski definition) is 1. The fourth-order valence-corrected chi connectivity index (χ4v) is 2.35. The largest absolute Gasteiger partial charge is 0.395 e. The topological polar surface area (TPSA) is 40.5 Å². The molecule has 0 heterocycles. The lowest BCUT2D eigenvalue weighted by molar-refractivity contribution is -0.144. The van der Waals surface area contributed by atoms with Gasteiger partial charge in [-0.3, -0.25) is 4.79 Å². The van der Waals surface area contributed by atoms with Crippen molar-refractivity contribution in [1.82, 2.24) is 4.90 Å². The fraction of sp³-hybridized carbons (Fsp3) is 0.917. The Bertz CT molecular complexity index is 269. The van der Waals surface area contributed by atoms with Gasteiger partial charge >= 0.3 is 0 Å². The Morgan fingerprint density at radius 2 is 2.18 bits per heavy atom. The molecule has 0 saturated heterocycles. The van der Waals surface area contributed by atoms with E-state index in [1.165, 1.54) is 4.90 Å². The number of carbonyl (C=O) groups is 1. The van der Waals surface area contributed by atoms with Gasteiger partial charge in [-0.25, -0.2) is 8.78 Å². The Labute approximate surface area is 101 Å².